The Kier molecular flexibility index (Phi) is 19.7. The minimum atomic E-state index is -0.504. The molecule has 0 aliphatic carbocycles. The van der Waals surface area contributed by atoms with E-state index in [0.29, 0.717) is 57.8 Å². The number of halogens is 1. The van der Waals surface area contributed by atoms with Crippen LogP contribution in [0.1, 0.15) is 101 Å². The topological polar surface area (TPSA) is 328 Å². The van der Waals surface area contributed by atoms with Gasteiger partial charge in [-0.15, -0.1) is 0 Å². The minimum absolute atomic E-state index is 0.0190. The van der Waals surface area contributed by atoms with Gasteiger partial charge in [0.15, 0.2) is 17.5 Å². The van der Waals surface area contributed by atoms with E-state index in [2.05, 4.69) is 75.9 Å². The second-order valence-electron chi connectivity index (χ2n) is 21.4. The summed E-state index contributed by atoms with van der Waals surface area (Å²) in [5.41, 5.74) is 19.8. The maximum atomic E-state index is 12.0. The maximum absolute atomic E-state index is 12.0. The predicted molar refractivity (Wildman–Crippen MR) is 295 cm³/mol. The molecule has 0 saturated carbocycles. The van der Waals surface area contributed by atoms with Gasteiger partial charge >= 0.3 is 18.3 Å². The van der Waals surface area contributed by atoms with Gasteiger partial charge in [-0.25, -0.2) is 59.2 Å². The van der Waals surface area contributed by atoms with Crippen LogP contribution in [0.2, 0.25) is 5.15 Å². The molecular formula is C51H73ClN18O6. The van der Waals surface area contributed by atoms with Crippen molar-refractivity contribution in [3.8, 4) is 0 Å². The number of amides is 3. The lowest BCUT2D eigenvalue weighted by Crippen LogP contribution is -2.49. The molecule has 3 saturated heterocycles. The normalized spacial score (nSPS) is 17.8. The Morgan fingerprint density at radius 2 is 0.908 bits per heavy atom. The summed E-state index contributed by atoms with van der Waals surface area (Å²) in [5.74, 6) is 2.71. The predicted octanol–water partition coefficient (Wildman–Crippen LogP) is 6.72. The Bertz CT molecular complexity index is 2780. The molecular weight excluding hydrogens is 996 g/mol. The van der Waals surface area contributed by atoms with Gasteiger partial charge in [0.05, 0.1) is 16.6 Å². The van der Waals surface area contributed by atoms with Crippen molar-refractivity contribution in [3.63, 3.8) is 0 Å². The van der Waals surface area contributed by atoms with E-state index in [1.54, 1.807) is 12.1 Å². The van der Waals surface area contributed by atoms with Crippen LogP contribution in [-0.2, 0) is 14.2 Å². The third-order valence-electron chi connectivity index (χ3n) is 11.4. The quantitative estimate of drug-likeness (QED) is 0.0695. The van der Waals surface area contributed by atoms with Crippen LogP contribution in [0.15, 0.2) is 55.4 Å². The SMILES string of the molecule is CC(C)(C)OC(=O)N[C@H]1CCCN(c2ccc3ncnc(N)c3n2)C1.CC(C)(C)OC(=O)N[C@H]1CCCN(c2ccc3ncnc(N)c3n2)C1.CC(C)(C)OC(=O)N[C@H]1CCCNC1.Nc1ncnc2ccc(Cl)nc12. The number of nitrogen functional groups attached to an aromatic ring is 3. The number of nitrogens with zero attached hydrogens (tertiary/aromatic N) is 11. The average Bonchev–Trinajstić information content (AvgIpc) is 3.34. The molecule has 6 aromatic rings. The Hall–Kier alpha value is -7.47. The fourth-order valence-electron chi connectivity index (χ4n) is 8.19. The number of nitrogens with one attached hydrogen (secondary N) is 4. The van der Waals surface area contributed by atoms with Gasteiger partial charge in [-0.3, -0.25) is 0 Å². The van der Waals surface area contributed by atoms with E-state index < -0.39 is 16.8 Å². The van der Waals surface area contributed by atoms with Gasteiger partial charge in [0, 0.05) is 50.8 Å². The fraction of sp³-hybridized carbons (Fsp3) is 0.529. The summed E-state index contributed by atoms with van der Waals surface area (Å²) in [5, 5.41) is 12.4. The number of nitrogens with two attached hydrogens (primary N) is 3. The van der Waals surface area contributed by atoms with Gasteiger partial charge in [-0.2, -0.15) is 0 Å². The lowest BCUT2D eigenvalue weighted by atomic mass is 10.1. The number of anilines is 5. The molecule has 3 amide bonds. The van der Waals surface area contributed by atoms with Crippen molar-refractivity contribution >= 4 is 92.1 Å². The number of aromatic nitrogens is 9. The van der Waals surface area contributed by atoms with Crippen LogP contribution in [0.3, 0.4) is 0 Å². The Morgan fingerprint density at radius 3 is 1.29 bits per heavy atom. The molecule has 0 spiro atoms. The van der Waals surface area contributed by atoms with Gasteiger partial charge < -0.3 is 62.5 Å². The highest BCUT2D eigenvalue weighted by atomic mass is 35.5. The zero-order valence-electron chi connectivity index (χ0n) is 44.9. The monoisotopic (exact) mass is 1070 g/mol. The molecule has 0 aromatic carbocycles. The van der Waals surface area contributed by atoms with Crippen molar-refractivity contribution < 1.29 is 28.6 Å². The molecule has 9 rings (SSSR count). The molecule has 0 bridgehead atoms. The van der Waals surface area contributed by atoms with E-state index in [-0.39, 0.29) is 36.4 Å². The summed E-state index contributed by atoms with van der Waals surface area (Å²) in [4.78, 5) is 76.9. The Balaban J connectivity index is 0.000000172. The van der Waals surface area contributed by atoms with Gasteiger partial charge in [0.1, 0.15) is 69.1 Å². The zero-order chi connectivity index (χ0) is 55.2. The molecule has 3 aliphatic heterocycles. The van der Waals surface area contributed by atoms with E-state index in [4.69, 9.17) is 43.0 Å². The first kappa shape index (κ1) is 57.8. The molecule has 10 N–H and O–H groups in total. The van der Waals surface area contributed by atoms with E-state index in [0.717, 1.165) is 87.4 Å². The number of ether oxygens (including phenoxy) is 3. The fourth-order valence-corrected chi connectivity index (χ4v) is 8.34. The smallest absolute Gasteiger partial charge is 0.407 e. The lowest BCUT2D eigenvalue weighted by molar-refractivity contribution is 0.0486. The molecule has 6 aromatic heterocycles. The van der Waals surface area contributed by atoms with Crippen LogP contribution in [0.25, 0.3) is 33.1 Å². The summed E-state index contributed by atoms with van der Waals surface area (Å²) in [6.07, 6.45) is 9.06. The number of rotatable bonds is 5. The first-order valence-corrected chi connectivity index (χ1v) is 25.7. The molecule has 0 unspecified atom stereocenters. The van der Waals surface area contributed by atoms with Gasteiger partial charge in [0.25, 0.3) is 0 Å². The van der Waals surface area contributed by atoms with Crippen molar-refractivity contribution in [1.82, 2.24) is 66.1 Å². The summed E-state index contributed by atoms with van der Waals surface area (Å²) < 4.78 is 15.8. The first-order chi connectivity index (χ1) is 35.9. The second kappa shape index (κ2) is 25.9. The number of carbonyl (C=O) groups excluding carboxylic acids is 3. The van der Waals surface area contributed by atoms with Crippen LogP contribution in [-0.4, -0.2) is 137 Å². The molecule has 24 nitrogen and oxygen atoms in total. The number of pyridine rings is 3. The van der Waals surface area contributed by atoms with Crippen LogP contribution in [0.4, 0.5) is 43.5 Å². The highest BCUT2D eigenvalue weighted by molar-refractivity contribution is 6.29. The number of alkyl carbamates (subject to hydrolysis) is 3. The molecule has 0 radical (unpaired) electrons. The summed E-state index contributed by atoms with van der Waals surface area (Å²) in [6.45, 7) is 21.7. The van der Waals surface area contributed by atoms with Gasteiger partial charge in [-0.05, 0) is 144 Å². The van der Waals surface area contributed by atoms with Crippen molar-refractivity contribution in [1.29, 1.82) is 0 Å². The third kappa shape index (κ3) is 18.4. The molecule has 25 heteroatoms. The van der Waals surface area contributed by atoms with Crippen molar-refractivity contribution in [2.75, 3.05) is 66.3 Å². The number of hydrogen-bond donors (Lipinski definition) is 7. The first-order valence-electron chi connectivity index (χ1n) is 25.3. The molecule has 3 aliphatic rings. The second-order valence-corrected chi connectivity index (χ2v) is 21.8. The lowest BCUT2D eigenvalue weighted by Gasteiger charge is -2.34. The van der Waals surface area contributed by atoms with Crippen LogP contribution in [0, 0.1) is 0 Å². The highest BCUT2D eigenvalue weighted by Crippen LogP contribution is 2.25. The standard InChI is InChI=1S/2C17H24N6O2.C10H20N2O2.C7H5ClN4/c2*1-17(2,3)25-16(24)21-11-5-4-8-23(9-11)13-7-6-12-14(22-13)15(18)20-10-19-12;1-10(2,3)14-9(13)12-8-5-4-6-11-7-8;8-5-2-1-4-6(12-5)7(9)11-3-10-4/h2*6-7,10-11H,4-5,8-9H2,1-3H3,(H,21,24)(H2,18,19,20);8,11H,4-7H2,1-3H3,(H,12,13);1-3H,(H2,9,10,11)/t2*11-;8-;/m000./s1. The molecule has 9 heterocycles. The summed E-state index contributed by atoms with van der Waals surface area (Å²) in [6, 6.07) is 11.3. The number of hydrogen-bond acceptors (Lipinski definition) is 21. The Labute approximate surface area is 447 Å². The third-order valence-corrected chi connectivity index (χ3v) is 11.6. The van der Waals surface area contributed by atoms with Crippen molar-refractivity contribution in [2.24, 2.45) is 0 Å². The Morgan fingerprint density at radius 1 is 0.539 bits per heavy atom. The van der Waals surface area contributed by atoms with Crippen LogP contribution < -0.4 is 48.3 Å². The molecule has 3 atom stereocenters. The molecule has 3 fully saturated rings. The largest absolute Gasteiger partial charge is 0.444 e. The van der Waals surface area contributed by atoms with Gasteiger partial charge in [0.2, 0.25) is 0 Å². The van der Waals surface area contributed by atoms with Crippen LogP contribution in [0.5, 0.6) is 0 Å². The summed E-state index contributed by atoms with van der Waals surface area (Å²) in [7, 11) is 0. The highest BCUT2D eigenvalue weighted by Gasteiger charge is 2.27. The average molecular weight is 1070 g/mol. The zero-order valence-corrected chi connectivity index (χ0v) is 45.6. The van der Waals surface area contributed by atoms with E-state index in [9.17, 15) is 14.4 Å². The molecule has 76 heavy (non-hydrogen) atoms. The van der Waals surface area contributed by atoms with Crippen molar-refractivity contribution in [2.45, 2.75) is 136 Å². The molecule has 410 valence electrons. The van der Waals surface area contributed by atoms with Crippen LogP contribution >= 0.6 is 11.6 Å². The van der Waals surface area contributed by atoms with E-state index in [1.165, 1.54) is 19.0 Å². The summed E-state index contributed by atoms with van der Waals surface area (Å²) >= 11 is 5.67. The number of carbonyl (C=O) groups is 3. The van der Waals surface area contributed by atoms with E-state index >= 15 is 0 Å². The number of piperidine rings is 3. The van der Waals surface area contributed by atoms with Gasteiger partial charge in [-0.1, -0.05) is 11.6 Å². The minimum Gasteiger partial charge on any atom is -0.444 e. The van der Waals surface area contributed by atoms with E-state index in [1.807, 2.05) is 86.6 Å². The van der Waals surface area contributed by atoms with Crippen molar-refractivity contribution in [3.05, 3.63) is 60.5 Å². The maximum Gasteiger partial charge on any atom is 0.407 e. The number of fused-ring (bicyclic) bond motifs is 3.